The number of hydrogen-bond donors (Lipinski definition) is 0. The Morgan fingerprint density at radius 3 is 2.42 bits per heavy atom. The molecule has 0 saturated heterocycles. The number of carbonyl (C=O) groups is 1. The molecule has 0 aliphatic rings. The minimum absolute atomic E-state index is 0.131. The highest BCUT2D eigenvalue weighted by Gasteiger charge is 2.34. The maximum absolute atomic E-state index is 13.3. The number of thioether (sulfide) groups is 1. The van der Waals surface area contributed by atoms with Gasteiger partial charge in [-0.3, -0.25) is 9.48 Å². The van der Waals surface area contributed by atoms with Gasteiger partial charge in [0.25, 0.3) is 5.91 Å². The maximum Gasteiger partial charge on any atom is 0.433 e. The van der Waals surface area contributed by atoms with Crippen LogP contribution in [-0.4, -0.2) is 41.1 Å². The summed E-state index contributed by atoms with van der Waals surface area (Å²) in [5.41, 5.74) is 0.00455. The third-order valence-corrected chi connectivity index (χ3v) is 6.64. The van der Waals surface area contributed by atoms with Gasteiger partial charge in [0.2, 0.25) is 10.0 Å². The Morgan fingerprint density at radius 1 is 1.23 bits per heavy atom. The van der Waals surface area contributed by atoms with E-state index in [0.717, 1.165) is 24.1 Å². The SMILES string of the molecule is Cc1nn(C)c(C)c1N(C(=O)CSc1cc(C(F)(F)F)nc2ccccc12)S(C)(=O)=O. The molecule has 1 aromatic carbocycles. The molecule has 12 heteroatoms. The van der Waals surface area contributed by atoms with Crippen LogP contribution in [0.3, 0.4) is 0 Å². The summed E-state index contributed by atoms with van der Waals surface area (Å²) in [5.74, 6) is -1.19. The number of carbonyl (C=O) groups excluding carboxylic acids is 1. The zero-order valence-electron chi connectivity index (χ0n) is 17.1. The molecule has 1 amide bonds. The molecule has 2 aromatic heterocycles. The predicted octanol–water partition coefficient (Wildman–Crippen LogP) is 3.69. The van der Waals surface area contributed by atoms with Gasteiger partial charge >= 0.3 is 6.18 Å². The van der Waals surface area contributed by atoms with Gasteiger partial charge in [-0.1, -0.05) is 18.2 Å². The number of sulfonamides is 1. The zero-order chi connectivity index (χ0) is 23.1. The first-order chi connectivity index (χ1) is 14.3. The molecule has 3 rings (SSSR count). The van der Waals surface area contributed by atoms with Gasteiger partial charge < -0.3 is 0 Å². The largest absolute Gasteiger partial charge is 0.433 e. The molecular weight excluding hydrogens is 453 g/mol. The van der Waals surface area contributed by atoms with E-state index in [1.807, 2.05) is 0 Å². The van der Waals surface area contributed by atoms with Crippen molar-refractivity contribution in [3.63, 3.8) is 0 Å². The Bertz CT molecular complexity index is 1270. The molecule has 31 heavy (non-hydrogen) atoms. The number of amides is 1. The second-order valence-corrected chi connectivity index (χ2v) is 9.72. The summed E-state index contributed by atoms with van der Waals surface area (Å²) in [4.78, 5) is 16.8. The van der Waals surface area contributed by atoms with E-state index in [1.165, 1.54) is 10.7 Å². The van der Waals surface area contributed by atoms with Crippen LogP contribution in [-0.2, 0) is 28.0 Å². The second-order valence-electron chi connectivity index (χ2n) is 6.87. The van der Waals surface area contributed by atoms with Gasteiger partial charge in [0.15, 0.2) is 0 Å². The Morgan fingerprint density at radius 2 is 1.87 bits per heavy atom. The van der Waals surface area contributed by atoms with Crippen LogP contribution >= 0.6 is 11.8 Å². The van der Waals surface area contributed by atoms with Gasteiger partial charge in [-0.2, -0.15) is 18.3 Å². The number of pyridine rings is 1. The molecule has 0 N–H and O–H groups in total. The highest BCUT2D eigenvalue weighted by atomic mass is 32.2. The molecule has 0 aliphatic carbocycles. The van der Waals surface area contributed by atoms with Crippen LogP contribution in [0.5, 0.6) is 0 Å². The van der Waals surface area contributed by atoms with E-state index in [-0.39, 0.29) is 16.1 Å². The number of aromatic nitrogens is 3. The lowest BCUT2D eigenvalue weighted by Crippen LogP contribution is -2.38. The molecule has 0 aliphatic heterocycles. The van der Waals surface area contributed by atoms with Crippen molar-refractivity contribution in [1.82, 2.24) is 14.8 Å². The van der Waals surface area contributed by atoms with Crippen LogP contribution in [0.1, 0.15) is 17.1 Å². The van der Waals surface area contributed by atoms with Crippen LogP contribution in [0.4, 0.5) is 18.9 Å². The molecule has 0 fully saturated rings. The number of aryl methyl sites for hydroxylation is 2. The Hall–Kier alpha value is -2.60. The summed E-state index contributed by atoms with van der Waals surface area (Å²) in [6.45, 7) is 3.20. The van der Waals surface area contributed by atoms with Crippen molar-refractivity contribution in [3.8, 4) is 0 Å². The fourth-order valence-electron chi connectivity index (χ4n) is 3.14. The van der Waals surface area contributed by atoms with Crippen molar-refractivity contribution in [2.24, 2.45) is 7.05 Å². The molecule has 0 atom stereocenters. The lowest BCUT2D eigenvalue weighted by molar-refractivity contribution is -0.141. The van der Waals surface area contributed by atoms with E-state index in [9.17, 15) is 26.4 Å². The maximum atomic E-state index is 13.3. The minimum Gasteiger partial charge on any atom is -0.272 e. The lowest BCUT2D eigenvalue weighted by atomic mass is 10.2. The highest BCUT2D eigenvalue weighted by molar-refractivity contribution is 8.00. The quantitative estimate of drug-likeness (QED) is 0.527. The molecule has 7 nitrogen and oxygen atoms in total. The number of halogens is 3. The Kier molecular flexibility index (Phi) is 6.07. The number of rotatable bonds is 5. The van der Waals surface area contributed by atoms with Crippen LogP contribution in [0, 0.1) is 13.8 Å². The normalized spacial score (nSPS) is 12.4. The molecule has 0 radical (unpaired) electrons. The average molecular weight is 473 g/mol. The van der Waals surface area contributed by atoms with Crippen LogP contribution < -0.4 is 4.31 Å². The van der Waals surface area contributed by atoms with Gasteiger partial charge in [0, 0.05) is 17.3 Å². The number of anilines is 1. The first-order valence-corrected chi connectivity index (χ1v) is 11.8. The first kappa shape index (κ1) is 23.1. The summed E-state index contributed by atoms with van der Waals surface area (Å²) < 4.78 is 66.7. The summed E-state index contributed by atoms with van der Waals surface area (Å²) in [7, 11) is -2.38. The molecule has 3 aromatic rings. The standard InChI is InChI=1S/C19H19F3N4O3S2/c1-11-18(12(2)25(3)24-11)26(31(4,28)29)17(27)10-30-15-9-16(19(20,21)22)23-14-8-6-5-7-13(14)15/h5-9H,10H2,1-4H3. The highest BCUT2D eigenvalue weighted by Crippen LogP contribution is 2.35. The molecule has 2 heterocycles. The van der Waals surface area contributed by atoms with Gasteiger partial charge in [-0.25, -0.2) is 17.7 Å². The van der Waals surface area contributed by atoms with E-state index in [4.69, 9.17) is 0 Å². The van der Waals surface area contributed by atoms with Gasteiger partial charge in [-0.15, -0.1) is 11.8 Å². The molecule has 0 spiro atoms. The van der Waals surface area contributed by atoms with Gasteiger partial charge in [0.05, 0.1) is 28.9 Å². The van der Waals surface area contributed by atoms with E-state index < -0.39 is 33.6 Å². The van der Waals surface area contributed by atoms with Crippen molar-refractivity contribution in [3.05, 3.63) is 47.4 Å². The molecule has 0 saturated carbocycles. The van der Waals surface area contributed by atoms with Crippen molar-refractivity contribution in [2.45, 2.75) is 24.9 Å². The Labute approximate surface area is 181 Å². The monoisotopic (exact) mass is 472 g/mol. The number of benzene rings is 1. The molecule has 166 valence electrons. The molecule has 0 unspecified atom stereocenters. The van der Waals surface area contributed by atoms with Crippen LogP contribution in [0.2, 0.25) is 0 Å². The van der Waals surface area contributed by atoms with Crippen molar-refractivity contribution >= 4 is 44.3 Å². The topological polar surface area (TPSA) is 85.2 Å². The summed E-state index contributed by atoms with van der Waals surface area (Å²) in [6.07, 6.45) is -3.77. The number of para-hydroxylation sites is 1. The number of nitrogens with zero attached hydrogens (tertiary/aromatic N) is 4. The molecular formula is C19H19F3N4O3S2. The van der Waals surface area contributed by atoms with E-state index in [0.29, 0.717) is 21.1 Å². The van der Waals surface area contributed by atoms with E-state index in [1.54, 1.807) is 39.1 Å². The smallest absolute Gasteiger partial charge is 0.272 e. The fraction of sp³-hybridized carbons (Fsp3) is 0.316. The second kappa shape index (κ2) is 8.15. The number of hydrogen-bond acceptors (Lipinski definition) is 6. The summed E-state index contributed by atoms with van der Waals surface area (Å²) in [6, 6.07) is 7.12. The molecule has 0 bridgehead atoms. The van der Waals surface area contributed by atoms with Gasteiger partial charge in [0.1, 0.15) is 11.4 Å². The first-order valence-electron chi connectivity index (χ1n) is 8.94. The third-order valence-electron chi connectivity index (χ3n) is 4.55. The third kappa shape index (κ3) is 4.69. The summed E-state index contributed by atoms with van der Waals surface area (Å²) in [5, 5.41) is 4.58. The van der Waals surface area contributed by atoms with Gasteiger partial charge in [-0.05, 0) is 26.0 Å². The number of alkyl halides is 3. The van der Waals surface area contributed by atoms with Crippen LogP contribution in [0.15, 0.2) is 35.2 Å². The minimum atomic E-state index is -4.66. The van der Waals surface area contributed by atoms with Crippen molar-refractivity contribution in [1.29, 1.82) is 0 Å². The van der Waals surface area contributed by atoms with Crippen molar-refractivity contribution in [2.75, 3.05) is 16.3 Å². The average Bonchev–Trinajstić information content (AvgIpc) is 2.90. The predicted molar refractivity (Wildman–Crippen MR) is 112 cm³/mol. The fourth-order valence-corrected chi connectivity index (χ4v) is 5.18. The lowest BCUT2D eigenvalue weighted by Gasteiger charge is -2.21. The van der Waals surface area contributed by atoms with E-state index >= 15 is 0 Å². The Balaban J connectivity index is 1.99. The van der Waals surface area contributed by atoms with Crippen LogP contribution in [0.25, 0.3) is 10.9 Å². The number of fused-ring (bicyclic) bond motifs is 1. The van der Waals surface area contributed by atoms with Crippen molar-refractivity contribution < 1.29 is 26.4 Å². The van der Waals surface area contributed by atoms with E-state index in [2.05, 4.69) is 10.1 Å². The zero-order valence-corrected chi connectivity index (χ0v) is 18.7. The summed E-state index contributed by atoms with van der Waals surface area (Å²) >= 11 is 0.823.